The summed E-state index contributed by atoms with van der Waals surface area (Å²) in [5.74, 6) is -3.20. The Kier molecular flexibility index (Phi) is 13.5. The summed E-state index contributed by atoms with van der Waals surface area (Å²) in [6.07, 6.45) is 0.361. The van der Waals surface area contributed by atoms with E-state index >= 15 is 0 Å². The fraction of sp³-hybridized carbons (Fsp3) is 0.435. The van der Waals surface area contributed by atoms with Crippen LogP contribution in [0.1, 0.15) is 39.0 Å². The normalized spacial score (nSPS) is 17.1. The van der Waals surface area contributed by atoms with Gasteiger partial charge in [0.05, 0.1) is 12.2 Å². The molecule has 1 aliphatic rings. The summed E-state index contributed by atoms with van der Waals surface area (Å²) < 4.78 is 57.2. The zero-order valence-electron chi connectivity index (χ0n) is 20.1. The van der Waals surface area contributed by atoms with Crippen molar-refractivity contribution in [1.29, 1.82) is 0 Å². The minimum atomic E-state index is -2.92. The number of thiophene rings is 1. The lowest BCUT2D eigenvalue weighted by Crippen LogP contribution is -2.55. The Morgan fingerprint density at radius 2 is 1.74 bits per heavy atom. The third kappa shape index (κ3) is 9.40. The number of hydrogen-bond donors (Lipinski definition) is 2. The van der Waals surface area contributed by atoms with Crippen molar-refractivity contribution < 1.29 is 36.7 Å². The topological polar surface area (TPSA) is 84.5 Å². The number of anilines is 1. The summed E-state index contributed by atoms with van der Waals surface area (Å²) in [6, 6.07) is 7.55. The number of hydrogen-bond acceptors (Lipinski definition) is 6. The molecule has 196 valence electrons. The first-order chi connectivity index (χ1) is 16.3. The Labute approximate surface area is 209 Å². The Morgan fingerprint density at radius 3 is 2.11 bits per heavy atom. The van der Waals surface area contributed by atoms with E-state index in [1.807, 2.05) is 27.4 Å². The molecule has 0 spiro atoms. The summed E-state index contributed by atoms with van der Waals surface area (Å²) in [4.78, 5) is 30.1. The monoisotopic (exact) mass is 538 g/mol. The average molecular weight is 539 g/mol. The molecule has 3 rings (SSSR count). The third-order valence-electron chi connectivity index (χ3n) is 5.05. The molecule has 0 aliphatic carbocycles. The first-order valence-corrected chi connectivity index (χ1v) is 11.6. The van der Waals surface area contributed by atoms with Crippen LogP contribution in [0, 0.1) is 13.8 Å². The van der Waals surface area contributed by atoms with E-state index in [0.717, 1.165) is 16.7 Å². The van der Waals surface area contributed by atoms with Gasteiger partial charge in [-0.05, 0) is 45.5 Å². The van der Waals surface area contributed by atoms with Gasteiger partial charge in [0.15, 0.2) is 0 Å². The molecule has 1 aromatic heterocycles. The second-order valence-electron chi connectivity index (χ2n) is 7.51. The molecule has 0 bridgehead atoms. The van der Waals surface area contributed by atoms with Crippen LogP contribution in [0.25, 0.3) is 0 Å². The molecule has 1 aromatic carbocycles. The smallest absolute Gasteiger partial charge is 0.278 e. The number of benzene rings is 1. The Bertz CT molecular complexity index is 940. The number of carbonyl (C=O) groups excluding carboxylic acids is 3. The molecule has 2 aromatic rings. The highest BCUT2D eigenvalue weighted by Gasteiger charge is 2.51. The van der Waals surface area contributed by atoms with Crippen LogP contribution in [0.3, 0.4) is 0 Å². The lowest BCUT2D eigenvalue weighted by molar-refractivity contribution is -0.0987. The highest BCUT2D eigenvalue weighted by molar-refractivity contribution is 7.18. The van der Waals surface area contributed by atoms with Gasteiger partial charge in [0, 0.05) is 34.5 Å². The molecular weight excluding hydrogens is 507 g/mol. The second-order valence-corrected chi connectivity index (χ2v) is 9.69. The molecule has 1 fully saturated rings. The molecule has 2 unspecified atom stereocenters. The van der Waals surface area contributed by atoms with Crippen molar-refractivity contribution in [2.24, 2.45) is 0 Å². The van der Waals surface area contributed by atoms with Gasteiger partial charge in [0.1, 0.15) is 19.1 Å². The first kappa shape index (κ1) is 32.8. The maximum Gasteiger partial charge on any atom is 0.278 e. The van der Waals surface area contributed by atoms with E-state index in [2.05, 4.69) is 10.6 Å². The maximum atomic E-state index is 13.3. The van der Waals surface area contributed by atoms with Crippen molar-refractivity contribution >= 4 is 45.7 Å². The number of likely N-dealkylation sites (N-methyl/N-ethyl adjacent to an activating group) is 1. The fourth-order valence-electron chi connectivity index (χ4n) is 3.12. The van der Waals surface area contributed by atoms with Crippen LogP contribution in [0.5, 0.6) is 0 Å². The minimum Gasteiger partial charge on any atom is -0.379 e. The van der Waals surface area contributed by atoms with Gasteiger partial charge in [-0.1, -0.05) is 21.4 Å². The van der Waals surface area contributed by atoms with Crippen LogP contribution in [-0.2, 0) is 20.2 Å². The summed E-state index contributed by atoms with van der Waals surface area (Å²) in [5.41, 5.74) is -3.12. The molecule has 1 amide bonds. The van der Waals surface area contributed by atoms with Crippen molar-refractivity contribution in [3.8, 4) is 0 Å². The number of carbonyl (C=O) groups is 3. The summed E-state index contributed by atoms with van der Waals surface area (Å²) in [6.45, 7) is 9.11. The minimum absolute atomic E-state index is 0.0833. The Hall–Kier alpha value is -2.20. The molecule has 0 saturated carbocycles. The molecular formula is C23H31F4N2O4PS. The molecule has 12 heteroatoms. The third-order valence-corrected chi connectivity index (χ3v) is 6.57. The zero-order valence-corrected chi connectivity index (χ0v) is 22.0. The van der Waals surface area contributed by atoms with Crippen LogP contribution in [0.2, 0.25) is 0 Å². The van der Waals surface area contributed by atoms with Gasteiger partial charge < -0.3 is 25.0 Å². The predicted molar refractivity (Wildman–Crippen MR) is 134 cm³/mol. The van der Waals surface area contributed by atoms with Crippen LogP contribution in [0.15, 0.2) is 30.3 Å². The largest absolute Gasteiger partial charge is 0.379 e. The fourth-order valence-corrected chi connectivity index (χ4v) is 4.41. The number of halogens is 4. The molecule has 2 atom stereocenters. The maximum absolute atomic E-state index is 13.3. The molecule has 1 saturated heterocycles. The zero-order chi connectivity index (χ0) is 27.4. The van der Waals surface area contributed by atoms with Crippen molar-refractivity contribution in [2.45, 2.75) is 44.3 Å². The second kappa shape index (κ2) is 14.4. The summed E-state index contributed by atoms with van der Waals surface area (Å²) in [5, 5.41) is 5.28. The quantitative estimate of drug-likeness (QED) is 0.404. The van der Waals surface area contributed by atoms with E-state index < -0.39 is 17.1 Å². The van der Waals surface area contributed by atoms with Gasteiger partial charge in [-0.2, -0.15) is 0 Å². The Morgan fingerprint density at radius 1 is 1.14 bits per heavy atom. The van der Waals surface area contributed by atoms with Crippen molar-refractivity contribution in [3.05, 3.63) is 51.2 Å². The van der Waals surface area contributed by atoms with Crippen LogP contribution >= 0.6 is 20.6 Å². The Balaban J connectivity index is 0.000000652. The summed E-state index contributed by atoms with van der Waals surface area (Å²) >= 11 is 1.53. The number of rotatable bonds is 5. The standard InChI is InChI=1S/C15H15F2NOS.C6H12F2NOP.2CH2O/c1-9-7-13(10(2)20-9)14(19)18-12-6-4-5-11(8-12)15(3,16)17;1-9-5(6(7,8)11)2-3-10-4-5;2*1-2/h4-8H,1-3H3,(H,18,19);9H,2-4,11H2,1H3;2*1H2. The predicted octanol–water partition coefficient (Wildman–Crippen LogP) is 5.19. The van der Waals surface area contributed by atoms with Gasteiger partial charge in [-0.15, -0.1) is 11.3 Å². The van der Waals surface area contributed by atoms with Crippen molar-refractivity contribution in [3.63, 3.8) is 0 Å². The SMILES string of the molecule is C=O.C=O.CNC1(C(F)(F)P)CCOC1.Cc1cc(C(=O)Nc2cccc(C(C)(F)F)c2)c(C)s1. The van der Waals surface area contributed by atoms with Crippen LogP contribution in [-0.4, -0.2) is 50.9 Å². The van der Waals surface area contributed by atoms with Crippen molar-refractivity contribution in [2.75, 3.05) is 25.6 Å². The lowest BCUT2D eigenvalue weighted by Gasteiger charge is -2.32. The molecule has 6 nitrogen and oxygen atoms in total. The van der Waals surface area contributed by atoms with Gasteiger partial charge in [0.25, 0.3) is 17.5 Å². The molecule has 35 heavy (non-hydrogen) atoms. The van der Waals surface area contributed by atoms with Gasteiger partial charge in [-0.25, -0.2) is 17.6 Å². The number of alkyl halides is 4. The number of amides is 1. The number of aryl methyl sites for hydroxylation is 2. The number of ether oxygens (including phenoxy) is 1. The van der Waals surface area contributed by atoms with Gasteiger partial charge >= 0.3 is 0 Å². The molecule has 2 heterocycles. The van der Waals surface area contributed by atoms with E-state index in [-0.39, 0.29) is 18.1 Å². The first-order valence-electron chi connectivity index (χ1n) is 10.2. The van der Waals surface area contributed by atoms with Crippen LogP contribution in [0.4, 0.5) is 23.2 Å². The van der Waals surface area contributed by atoms with E-state index in [1.165, 1.54) is 36.6 Å². The van der Waals surface area contributed by atoms with E-state index in [0.29, 0.717) is 24.3 Å². The highest BCUT2D eigenvalue weighted by Crippen LogP contribution is 2.40. The van der Waals surface area contributed by atoms with E-state index in [9.17, 15) is 22.4 Å². The molecule has 0 radical (unpaired) electrons. The number of nitrogens with one attached hydrogen (secondary N) is 2. The van der Waals surface area contributed by atoms with E-state index in [1.54, 1.807) is 21.4 Å². The highest BCUT2D eigenvalue weighted by atomic mass is 32.1. The molecule has 1 aliphatic heterocycles. The van der Waals surface area contributed by atoms with Crippen molar-refractivity contribution in [1.82, 2.24) is 5.32 Å². The van der Waals surface area contributed by atoms with Crippen LogP contribution < -0.4 is 10.6 Å². The lowest BCUT2D eigenvalue weighted by atomic mass is 10.00. The van der Waals surface area contributed by atoms with Gasteiger partial charge in [-0.3, -0.25) is 4.79 Å². The average Bonchev–Trinajstić information content (AvgIpc) is 3.43. The van der Waals surface area contributed by atoms with Gasteiger partial charge in [0.2, 0.25) is 0 Å². The van der Waals surface area contributed by atoms with E-state index in [4.69, 9.17) is 14.3 Å². The summed E-state index contributed by atoms with van der Waals surface area (Å²) in [7, 11) is 3.09. The molecule has 2 N–H and O–H groups in total.